The van der Waals surface area contributed by atoms with E-state index in [1.807, 2.05) is 0 Å². The number of benzene rings is 1. The summed E-state index contributed by atoms with van der Waals surface area (Å²) < 4.78 is 0. The van der Waals surface area contributed by atoms with E-state index < -0.39 is 0 Å². The fourth-order valence-corrected chi connectivity index (χ4v) is 1.98. The minimum atomic E-state index is 0.152. The first kappa shape index (κ1) is 13.2. The molecule has 2 heteroatoms. The molecule has 0 spiro atoms. The maximum Gasteiger partial charge on any atom is 0.0294 e. The Kier molecular flexibility index (Phi) is 5.50. The second-order valence-corrected chi connectivity index (χ2v) is 4.46. The quantitative estimate of drug-likeness (QED) is 0.773. The van der Waals surface area contributed by atoms with Crippen molar-refractivity contribution in [1.82, 2.24) is 0 Å². The van der Waals surface area contributed by atoms with E-state index in [0.29, 0.717) is 0 Å². The molecular weight excluding hydrogens is 196 g/mol. The van der Waals surface area contributed by atoms with Crippen molar-refractivity contribution in [2.45, 2.75) is 51.6 Å². The van der Waals surface area contributed by atoms with Gasteiger partial charge >= 0.3 is 0 Å². The van der Waals surface area contributed by atoms with Gasteiger partial charge in [0, 0.05) is 12.1 Å². The third kappa shape index (κ3) is 3.62. The molecule has 2 nitrogen and oxygen atoms in total. The van der Waals surface area contributed by atoms with Crippen LogP contribution in [0.2, 0.25) is 0 Å². The van der Waals surface area contributed by atoms with E-state index in [9.17, 15) is 0 Å². The van der Waals surface area contributed by atoms with Crippen molar-refractivity contribution in [3.63, 3.8) is 0 Å². The topological polar surface area (TPSA) is 52.0 Å². The van der Waals surface area contributed by atoms with Crippen molar-refractivity contribution in [2.24, 2.45) is 11.5 Å². The first-order valence-corrected chi connectivity index (χ1v) is 6.30. The minimum Gasteiger partial charge on any atom is -0.324 e. The molecule has 1 aromatic rings. The summed E-state index contributed by atoms with van der Waals surface area (Å²) in [5.74, 6) is 0. The van der Waals surface area contributed by atoms with Crippen molar-refractivity contribution in [3.05, 3.63) is 35.4 Å². The summed E-state index contributed by atoms with van der Waals surface area (Å²) in [6, 6.07) is 8.74. The number of nitrogens with two attached hydrogens (primary N) is 2. The summed E-state index contributed by atoms with van der Waals surface area (Å²) in [6.07, 6.45) is 4.30. The Morgan fingerprint density at radius 2 is 1.38 bits per heavy atom. The van der Waals surface area contributed by atoms with Crippen LogP contribution < -0.4 is 11.5 Å². The van der Waals surface area contributed by atoms with Crippen molar-refractivity contribution < 1.29 is 0 Å². The lowest BCUT2D eigenvalue weighted by molar-refractivity contribution is 0.622. The summed E-state index contributed by atoms with van der Waals surface area (Å²) >= 11 is 0. The van der Waals surface area contributed by atoms with Crippen LogP contribution in [0.5, 0.6) is 0 Å². The van der Waals surface area contributed by atoms with Gasteiger partial charge < -0.3 is 11.5 Å². The maximum atomic E-state index is 6.11. The Labute approximate surface area is 99.0 Å². The molecule has 0 heterocycles. The largest absolute Gasteiger partial charge is 0.324 e. The summed E-state index contributed by atoms with van der Waals surface area (Å²) in [5.41, 5.74) is 14.6. The second-order valence-electron chi connectivity index (χ2n) is 4.46. The second kappa shape index (κ2) is 6.66. The lowest BCUT2D eigenvalue weighted by atomic mass is 9.96. The normalized spacial score (nSPS) is 14.8. The molecule has 1 rings (SSSR count). The minimum absolute atomic E-state index is 0.152. The Hall–Kier alpha value is -0.860. The van der Waals surface area contributed by atoms with Crippen molar-refractivity contribution in [2.75, 3.05) is 0 Å². The third-order valence-corrected chi connectivity index (χ3v) is 2.97. The van der Waals surface area contributed by atoms with Crippen molar-refractivity contribution in [3.8, 4) is 0 Å². The molecule has 0 bridgehead atoms. The van der Waals surface area contributed by atoms with Gasteiger partial charge in [-0.15, -0.1) is 0 Å². The summed E-state index contributed by atoms with van der Waals surface area (Å²) in [7, 11) is 0. The van der Waals surface area contributed by atoms with E-state index in [1.165, 1.54) is 11.1 Å². The van der Waals surface area contributed by atoms with Crippen LogP contribution in [0.4, 0.5) is 0 Å². The first-order valence-electron chi connectivity index (χ1n) is 6.30. The molecule has 16 heavy (non-hydrogen) atoms. The van der Waals surface area contributed by atoms with Crippen LogP contribution in [0.1, 0.15) is 62.7 Å². The molecular formula is C14H24N2. The molecule has 0 aromatic heterocycles. The monoisotopic (exact) mass is 220 g/mol. The summed E-state index contributed by atoms with van der Waals surface area (Å²) in [4.78, 5) is 0. The summed E-state index contributed by atoms with van der Waals surface area (Å²) in [5, 5.41) is 0. The van der Waals surface area contributed by atoms with E-state index in [2.05, 4.69) is 38.1 Å². The van der Waals surface area contributed by atoms with Crippen LogP contribution in [-0.2, 0) is 0 Å². The SMILES string of the molecule is CCCC(N)c1cccc(C(N)CCC)c1. The molecule has 0 saturated heterocycles. The zero-order chi connectivity index (χ0) is 12.0. The molecule has 4 N–H and O–H groups in total. The lowest BCUT2D eigenvalue weighted by Crippen LogP contribution is -2.13. The third-order valence-electron chi connectivity index (χ3n) is 2.97. The molecule has 1 aromatic carbocycles. The lowest BCUT2D eigenvalue weighted by Gasteiger charge is -2.15. The average molecular weight is 220 g/mol. The highest BCUT2D eigenvalue weighted by Crippen LogP contribution is 2.21. The van der Waals surface area contributed by atoms with Crippen molar-refractivity contribution in [1.29, 1.82) is 0 Å². The summed E-state index contributed by atoms with van der Waals surface area (Å²) in [6.45, 7) is 4.32. The molecule has 0 radical (unpaired) electrons. The zero-order valence-electron chi connectivity index (χ0n) is 10.4. The fraction of sp³-hybridized carbons (Fsp3) is 0.571. The van der Waals surface area contributed by atoms with Gasteiger partial charge in [0.1, 0.15) is 0 Å². The van der Waals surface area contributed by atoms with E-state index in [1.54, 1.807) is 0 Å². The molecule has 0 aliphatic rings. The van der Waals surface area contributed by atoms with Gasteiger partial charge in [0.15, 0.2) is 0 Å². The van der Waals surface area contributed by atoms with Crippen LogP contribution in [0, 0.1) is 0 Å². The number of hydrogen-bond donors (Lipinski definition) is 2. The Bertz CT molecular complexity index is 282. The van der Waals surface area contributed by atoms with Gasteiger partial charge in [-0.05, 0) is 24.0 Å². The highest BCUT2D eigenvalue weighted by molar-refractivity contribution is 5.27. The molecule has 0 saturated carbocycles. The number of rotatable bonds is 6. The maximum absolute atomic E-state index is 6.11. The Balaban J connectivity index is 2.77. The molecule has 90 valence electrons. The van der Waals surface area contributed by atoms with Gasteiger partial charge in [0.2, 0.25) is 0 Å². The van der Waals surface area contributed by atoms with E-state index in [0.717, 1.165) is 25.7 Å². The highest BCUT2D eigenvalue weighted by Gasteiger charge is 2.08. The number of hydrogen-bond acceptors (Lipinski definition) is 2. The average Bonchev–Trinajstić information content (AvgIpc) is 2.30. The fourth-order valence-electron chi connectivity index (χ4n) is 1.98. The smallest absolute Gasteiger partial charge is 0.0294 e. The highest BCUT2D eigenvalue weighted by atomic mass is 14.6. The van der Waals surface area contributed by atoms with E-state index >= 15 is 0 Å². The van der Waals surface area contributed by atoms with Gasteiger partial charge in [-0.1, -0.05) is 51.0 Å². The Morgan fingerprint density at radius 3 is 1.75 bits per heavy atom. The standard InChI is InChI=1S/C14H24N2/c1-3-6-13(15)11-8-5-9-12(10-11)14(16)7-4-2/h5,8-10,13-14H,3-4,6-7,15-16H2,1-2H3. The molecule has 2 atom stereocenters. The van der Waals surface area contributed by atoms with Gasteiger partial charge in [0.25, 0.3) is 0 Å². The molecule has 0 fully saturated rings. The van der Waals surface area contributed by atoms with Gasteiger partial charge in [-0.3, -0.25) is 0 Å². The van der Waals surface area contributed by atoms with Crippen LogP contribution in [0.3, 0.4) is 0 Å². The van der Waals surface area contributed by atoms with Crippen molar-refractivity contribution >= 4 is 0 Å². The van der Waals surface area contributed by atoms with Crippen LogP contribution in [0.25, 0.3) is 0 Å². The molecule has 2 unspecified atom stereocenters. The van der Waals surface area contributed by atoms with E-state index in [-0.39, 0.29) is 12.1 Å². The predicted molar refractivity (Wildman–Crippen MR) is 70.1 cm³/mol. The van der Waals surface area contributed by atoms with Gasteiger partial charge in [-0.2, -0.15) is 0 Å². The zero-order valence-corrected chi connectivity index (χ0v) is 10.4. The van der Waals surface area contributed by atoms with Crippen LogP contribution in [0.15, 0.2) is 24.3 Å². The predicted octanol–water partition coefficient (Wildman–Crippen LogP) is 3.29. The van der Waals surface area contributed by atoms with Crippen LogP contribution in [-0.4, -0.2) is 0 Å². The molecule has 0 aliphatic carbocycles. The Morgan fingerprint density at radius 1 is 0.938 bits per heavy atom. The first-order chi connectivity index (χ1) is 7.69. The molecule has 0 aliphatic heterocycles. The van der Waals surface area contributed by atoms with Crippen LogP contribution >= 0.6 is 0 Å². The molecule has 0 amide bonds. The van der Waals surface area contributed by atoms with E-state index in [4.69, 9.17) is 11.5 Å². The van der Waals surface area contributed by atoms with Gasteiger partial charge in [-0.25, -0.2) is 0 Å². The van der Waals surface area contributed by atoms with Gasteiger partial charge in [0.05, 0.1) is 0 Å².